The topological polar surface area (TPSA) is 73.6 Å². The summed E-state index contributed by atoms with van der Waals surface area (Å²) in [7, 11) is 0. The van der Waals surface area contributed by atoms with Gasteiger partial charge in [-0.2, -0.15) is 0 Å². The molecule has 6 heteroatoms. The van der Waals surface area contributed by atoms with E-state index in [2.05, 4.69) is 24.1 Å². The predicted molar refractivity (Wildman–Crippen MR) is 109 cm³/mol. The van der Waals surface area contributed by atoms with E-state index in [1.54, 1.807) is 0 Å². The van der Waals surface area contributed by atoms with E-state index < -0.39 is 0 Å². The molecule has 2 heterocycles. The van der Waals surface area contributed by atoms with E-state index in [0.29, 0.717) is 23.9 Å². The summed E-state index contributed by atoms with van der Waals surface area (Å²) in [5.41, 5.74) is 2.37. The molecule has 1 aliphatic rings. The van der Waals surface area contributed by atoms with E-state index >= 15 is 0 Å². The Morgan fingerprint density at radius 3 is 2.66 bits per heavy atom. The van der Waals surface area contributed by atoms with Gasteiger partial charge in [0.05, 0.1) is 12.1 Å². The molecular weight excluding hydrogens is 368 g/mol. The van der Waals surface area contributed by atoms with Crippen LogP contribution in [-0.2, 0) is 16.6 Å². The van der Waals surface area contributed by atoms with Gasteiger partial charge < -0.3 is 19.2 Å². The van der Waals surface area contributed by atoms with Crippen LogP contribution in [0.1, 0.15) is 30.9 Å². The number of ether oxygens (including phenoxy) is 2. The van der Waals surface area contributed by atoms with Crippen LogP contribution in [0.25, 0.3) is 11.5 Å². The normalized spacial score (nSPS) is 12.8. The Bertz CT molecular complexity index is 1020. The van der Waals surface area contributed by atoms with Crippen molar-refractivity contribution >= 4 is 5.91 Å². The van der Waals surface area contributed by atoms with Crippen molar-refractivity contribution in [3.63, 3.8) is 0 Å². The van der Waals surface area contributed by atoms with Crippen molar-refractivity contribution in [2.24, 2.45) is 0 Å². The maximum atomic E-state index is 12.5. The van der Waals surface area contributed by atoms with Crippen LogP contribution in [0.2, 0.25) is 0 Å². The molecule has 1 aliphatic heterocycles. The van der Waals surface area contributed by atoms with Crippen molar-refractivity contribution in [3.8, 4) is 23.0 Å². The van der Waals surface area contributed by atoms with E-state index in [4.69, 9.17) is 13.9 Å². The van der Waals surface area contributed by atoms with Crippen LogP contribution in [0.15, 0.2) is 52.9 Å². The average molecular weight is 392 g/mol. The highest BCUT2D eigenvalue weighted by Gasteiger charge is 2.25. The lowest BCUT2D eigenvalue weighted by molar-refractivity contribution is -0.120. The van der Waals surface area contributed by atoms with E-state index in [-0.39, 0.29) is 24.5 Å². The molecule has 0 unspecified atom stereocenters. The average Bonchev–Trinajstić information content (AvgIpc) is 3.33. The summed E-state index contributed by atoms with van der Waals surface area (Å²) < 4.78 is 16.6. The van der Waals surface area contributed by atoms with Crippen LogP contribution in [0, 0.1) is 6.92 Å². The van der Waals surface area contributed by atoms with E-state index in [0.717, 1.165) is 22.6 Å². The summed E-state index contributed by atoms with van der Waals surface area (Å²) in [5, 5.41) is 3.02. The van der Waals surface area contributed by atoms with Gasteiger partial charge >= 0.3 is 0 Å². The van der Waals surface area contributed by atoms with Crippen molar-refractivity contribution in [2.75, 3.05) is 13.3 Å². The van der Waals surface area contributed by atoms with Crippen molar-refractivity contribution in [1.29, 1.82) is 0 Å². The minimum atomic E-state index is -0.259. The van der Waals surface area contributed by atoms with Crippen LogP contribution in [0.4, 0.5) is 0 Å². The lowest BCUT2D eigenvalue weighted by Crippen LogP contribution is -2.37. The highest BCUT2D eigenvalue weighted by Crippen LogP contribution is 2.36. The van der Waals surface area contributed by atoms with Crippen LogP contribution in [-0.4, -0.2) is 24.2 Å². The Balaban J connectivity index is 1.39. The minimum Gasteiger partial charge on any atom is -0.454 e. The molecule has 1 N–H and O–H groups in total. The molecule has 0 aliphatic carbocycles. The number of fused-ring (bicyclic) bond motifs is 1. The van der Waals surface area contributed by atoms with Gasteiger partial charge in [0.2, 0.25) is 18.6 Å². The fraction of sp³-hybridized carbons (Fsp3) is 0.304. The first kappa shape index (κ1) is 19.1. The van der Waals surface area contributed by atoms with Gasteiger partial charge in [0.15, 0.2) is 11.5 Å². The number of nitrogens with one attached hydrogen (secondary N) is 1. The fourth-order valence-electron chi connectivity index (χ4n) is 3.25. The minimum absolute atomic E-state index is 0.0881. The first-order valence-electron chi connectivity index (χ1n) is 9.61. The van der Waals surface area contributed by atoms with Gasteiger partial charge in [-0.15, -0.1) is 0 Å². The molecule has 1 aromatic heterocycles. The maximum absolute atomic E-state index is 12.5. The van der Waals surface area contributed by atoms with Gasteiger partial charge in [-0.1, -0.05) is 38.1 Å². The number of hydrogen-bond donors (Lipinski definition) is 1. The van der Waals surface area contributed by atoms with Crippen LogP contribution >= 0.6 is 0 Å². The summed E-state index contributed by atoms with van der Waals surface area (Å²) in [6.07, 6.45) is 0.180. The number of rotatable bonds is 6. The van der Waals surface area contributed by atoms with E-state index in [9.17, 15) is 4.79 Å². The second-order valence-corrected chi connectivity index (χ2v) is 7.79. The molecule has 1 amide bonds. The predicted octanol–water partition coefficient (Wildman–Crippen LogP) is 4.02. The van der Waals surface area contributed by atoms with Crippen molar-refractivity contribution in [1.82, 2.24) is 10.3 Å². The van der Waals surface area contributed by atoms with E-state index in [1.165, 1.54) is 0 Å². The molecule has 0 atom stereocenters. The maximum Gasteiger partial charge on any atom is 0.231 e. The van der Waals surface area contributed by atoms with Crippen LogP contribution in [0.3, 0.4) is 0 Å². The molecule has 2 aromatic carbocycles. The third-order valence-electron chi connectivity index (χ3n) is 5.12. The zero-order valence-corrected chi connectivity index (χ0v) is 16.8. The van der Waals surface area contributed by atoms with Crippen LogP contribution in [0.5, 0.6) is 11.5 Å². The number of carbonyl (C=O) groups excluding carboxylic acids is 1. The van der Waals surface area contributed by atoms with Crippen molar-refractivity contribution in [3.05, 3.63) is 65.5 Å². The monoisotopic (exact) mass is 392 g/mol. The SMILES string of the molecule is Cc1oc(-c2ccccc2)nc1CC(=O)NCC(C)(C)c1ccc2c(c1)OCO2. The molecule has 3 aromatic rings. The summed E-state index contributed by atoms with van der Waals surface area (Å²) in [5.74, 6) is 2.60. The Morgan fingerprint density at radius 1 is 1.10 bits per heavy atom. The number of hydrogen-bond acceptors (Lipinski definition) is 5. The Labute approximate surface area is 169 Å². The molecule has 0 spiro atoms. The highest BCUT2D eigenvalue weighted by molar-refractivity contribution is 5.78. The van der Waals surface area contributed by atoms with Crippen molar-refractivity contribution in [2.45, 2.75) is 32.6 Å². The lowest BCUT2D eigenvalue weighted by Gasteiger charge is -2.26. The second kappa shape index (κ2) is 7.62. The van der Waals surface area contributed by atoms with Crippen molar-refractivity contribution < 1.29 is 18.7 Å². The van der Waals surface area contributed by atoms with Gasteiger partial charge in [-0.3, -0.25) is 4.79 Å². The number of amides is 1. The first-order valence-corrected chi connectivity index (χ1v) is 9.61. The summed E-state index contributed by atoms with van der Waals surface area (Å²) in [6.45, 7) is 6.74. The smallest absolute Gasteiger partial charge is 0.231 e. The summed E-state index contributed by atoms with van der Waals surface area (Å²) in [6, 6.07) is 15.6. The van der Waals surface area contributed by atoms with Crippen LogP contribution < -0.4 is 14.8 Å². The molecular formula is C23H24N2O4. The van der Waals surface area contributed by atoms with Gasteiger partial charge in [0.25, 0.3) is 0 Å². The van der Waals surface area contributed by atoms with Gasteiger partial charge in [-0.05, 0) is 36.8 Å². The van der Waals surface area contributed by atoms with Gasteiger partial charge in [0, 0.05) is 17.5 Å². The number of nitrogens with zero attached hydrogens (tertiary/aromatic N) is 1. The van der Waals surface area contributed by atoms with Gasteiger partial charge in [0.1, 0.15) is 5.76 Å². The molecule has 0 fully saturated rings. The number of aromatic nitrogens is 1. The van der Waals surface area contributed by atoms with Gasteiger partial charge in [-0.25, -0.2) is 4.98 Å². The number of oxazole rings is 1. The fourth-order valence-corrected chi connectivity index (χ4v) is 3.25. The summed E-state index contributed by atoms with van der Waals surface area (Å²) in [4.78, 5) is 17.0. The molecule has 0 bridgehead atoms. The lowest BCUT2D eigenvalue weighted by atomic mass is 9.84. The molecule has 0 radical (unpaired) electrons. The third-order valence-corrected chi connectivity index (χ3v) is 5.12. The molecule has 6 nitrogen and oxygen atoms in total. The standard InChI is InChI=1S/C23H24N2O4/c1-15-18(25-22(29-15)16-7-5-4-6-8-16)12-21(26)24-13-23(2,3)17-9-10-19-20(11-17)28-14-27-19/h4-11H,12-14H2,1-3H3,(H,24,26). The zero-order chi connectivity index (χ0) is 20.4. The Hall–Kier alpha value is -3.28. The zero-order valence-electron chi connectivity index (χ0n) is 16.8. The number of aryl methyl sites for hydroxylation is 1. The largest absolute Gasteiger partial charge is 0.454 e. The molecule has 29 heavy (non-hydrogen) atoms. The number of carbonyl (C=O) groups is 1. The Morgan fingerprint density at radius 2 is 1.86 bits per heavy atom. The Kier molecular flexibility index (Phi) is 5.01. The molecule has 4 rings (SSSR count). The third kappa shape index (κ3) is 4.11. The second-order valence-electron chi connectivity index (χ2n) is 7.79. The number of benzene rings is 2. The highest BCUT2D eigenvalue weighted by atomic mass is 16.7. The molecule has 150 valence electrons. The molecule has 0 saturated heterocycles. The molecule has 0 saturated carbocycles. The van der Waals surface area contributed by atoms with E-state index in [1.807, 2.05) is 55.5 Å². The first-order chi connectivity index (χ1) is 13.9. The summed E-state index contributed by atoms with van der Waals surface area (Å²) >= 11 is 0. The quantitative estimate of drug-likeness (QED) is 0.686.